The van der Waals surface area contributed by atoms with Crippen LogP contribution < -0.4 is 10.6 Å². The minimum absolute atomic E-state index is 0.133. The molecule has 8 nitrogen and oxygen atoms in total. The third-order valence-electron chi connectivity index (χ3n) is 5.63. The maximum Gasteiger partial charge on any atom is 0.273 e. The molecule has 1 amide bonds. The molecule has 1 aliphatic heterocycles. The maximum atomic E-state index is 12.4. The number of aryl methyl sites for hydroxylation is 1. The monoisotopic (exact) mass is 357 g/mol. The van der Waals surface area contributed by atoms with E-state index >= 15 is 0 Å². The molecule has 1 atom stereocenters. The number of rotatable bonds is 7. The van der Waals surface area contributed by atoms with E-state index in [1.165, 1.54) is 12.8 Å². The lowest BCUT2D eigenvalue weighted by molar-refractivity contribution is 0.0937. The summed E-state index contributed by atoms with van der Waals surface area (Å²) in [5, 5.41) is 14.6. The predicted octanol–water partition coefficient (Wildman–Crippen LogP) is 0.993. The van der Waals surface area contributed by atoms with Crippen LogP contribution in [0.15, 0.2) is 18.6 Å². The van der Waals surface area contributed by atoms with Gasteiger partial charge in [-0.3, -0.25) is 9.48 Å². The van der Waals surface area contributed by atoms with E-state index < -0.39 is 0 Å². The van der Waals surface area contributed by atoms with Gasteiger partial charge in [0, 0.05) is 37.4 Å². The Kier molecular flexibility index (Phi) is 4.76. The molecule has 2 aliphatic rings. The van der Waals surface area contributed by atoms with Gasteiger partial charge < -0.3 is 15.2 Å². The topological polar surface area (TPSA) is 89.7 Å². The smallest absolute Gasteiger partial charge is 0.273 e. The molecule has 1 aliphatic carbocycles. The number of hydrogen-bond donors (Lipinski definition) is 2. The maximum absolute atomic E-state index is 12.4. The first kappa shape index (κ1) is 17.2. The molecule has 1 saturated heterocycles. The van der Waals surface area contributed by atoms with E-state index in [1.54, 1.807) is 10.9 Å². The van der Waals surface area contributed by atoms with E-state index in [9.17, 15) is 4.79 Å². The molecular formula is C18H27N7O. The molecule has 0 spiro atoms. The van der Waals surface area contributed by atoms with E-state index in [0.717, 1.165) is 44.8 Å². The molecule has 26 heavy (non-hydrogen) atoms. The van der Waals surface area contributed by atoms with E-state index in [2.05, 4.69) is 30.5 Å². The normalized spacial score (nSPS) is 21.5. The number of nitrogens with zero attached hydrogens (tertiary/aromatic N) is 5. The summed E-state index contributed by atoms with van der Waals surface area (Å²) in [6.45, 7) is 6.51. The Balaban J connectivity index is 1.29. The summed E-state index contributed by atoms with van der Waals surface area (Å²) in [5.41, 5.74) is 0.564. The van der Waals surface area contributed by atoms with Gasteiger partial charge in [-0.25, -0.2) is 4.98 Å². The average molecular weight is 357 g/mol. The minimum Gasteiger partial charge on any atom is -0.350 e. The summed E-state index contributed by atoms with van der Waals surface area (Å²) in [5.74, 6) is 1.45. The number of amides is 1. The second-order valence-corrected chi connectivity index (χ2v) is 7.82. The summed E-state index contributed by atoms with van der Waals surface area (Å²) >= 11 is 0. The first-order valence-electron chi connectivity index (χ1n) is 9.50. The van der Waals surface area contributed by atoms with Crippen molar-refractivity contribution in [3.05, 3.63) is 30.1 Å². The zero-order chi connectivity index (χ0) is 18.0. The third-order valence-corrected chi connectivity index (χ3v) is 5.63. The highest BCUT2D eigenvalue weighted by molar-refractivity contribution is 5.91. The van der Waals surface area contributed by atoms with Gasteiger partial charge in [0.25, 0.3) is 5.91 Å². The number of nitrogens with one attached hydrogen (secondary N) is 2. The molecule has 0 radical (unpaired) electrons. The van der Waals surface area contributed by atoms with Crippen LogP contribution >= 0.6 is 0 Å². The molecule has 3 heterocycles. The molecule has 2 fully saturated rings. The quantitative estimate of drug-likeness (QED) is 0.771. The van der Waals surface area contributed by atoms with Gasteiger partial charge in [0.05, 0.1) is 6.20 Å². The number of hydrogen-bond acceptors (Lipinski definition) is 5. The van der Waals surface area contributed by atoms with Crippen LogP contribution in [0.1, 0.15) is 42.0 Å². The van der Waals surface area contributed by atoms with Gasteiger partial charge in [-0.15, -0.1) is 5.10 Å². The van der Waals surface area contributed by atoms with Crippen molar-refractivity contribution in [3.63, 3.8) is 0 Å². The Morgan fingerprint density at radius 1 is 1.46 bits per heavy atom. The van der Waals surface area contributed by atoms with Crippen molar-refractivity contribution in [2.75, 3.05) is 19.6 Å². The Hall–Kier alpha value is -2.22. The van der Waals surface area contributed by atoms with Crippen molar-refractivity contribution >= 4 is 5.91 Å². The highest BCUT2D eigenvalue weighted by Gasteiger charge is 2.43. The van der Waals surface area contributed by atoms with Crippen LogP contribution in [0.4, 0.5) is 0 Å². The van der Waals surface area contributed by atoms with Gasteiger partial charge in [0.15, 0.2) is 5.69 Å². The Morgan fingerprint density at radius 3 is 3.04 bits per heavy atom. The standard InChI is InChI=1S/C18H27N7O/c1-14-20-7-8-24(14)13-18(4-5-18)12-21-17(26)16-11-25(23-22-16)10-15-3-2-6-19-9-15/h7-8,11,15,19H,2-6,9-10,12-13H2,1H3,(H,21,26). The molecule has 0 aromatic carbocycles. The summed E-state index contributed by atoms with van der Waals surface area (Å²) in [7, 11) is 0. The molecular weight excluding hydrogens is 330 g/mol. The number of piperidine rings is 1. The van der Waals surface area contributed by atoms with Gasteiger partial charge in [0.2, 0.25) is 0 Å². The van der Waals surface area contributed by atoms with E-state index in [-0.39, 0.29) is 11.3 Å². The van der Waals surface area contributed by atoms with E-state index in [4.69, 9.17) is 0 Å². The lowest BCUT2D eigenvalue weighted by Crippen LogP contribution is -2.33. The number of carbonyl (C=O) groups excluding carboxylic acids is 1. The van der Waals surface area contributed by atoms with Crippen molar-refractivity contribution in [3.8, 4) is 0 Å². The van der Waals surface area contributed by atoms with Crippen LogP contribution in [0.5, 0.6) is 0 Å². The van der Waals surface area contributed by atoms with Crippen LogP contribution in [-0.2, 0) is 13.1 Å². The molecule has 4 rings (SSSR count). The van der Waals surface area contributed by atoms with Crippen LogP contribution in [0.3, 0.4) is 0 Å². The molecule has 140 valence electrons. The van der Waals surface area contributed by atoms with E-state index in [1.807, 2.05) is 19.3 Å². The molecule has 1 saturated carbocycles. The Bertz CT molecular complexity index is 755. The molecule has 2 aromatic rings. The molecule has 1 unspecified atom stereocenters. The fourth-order valence-electron chi connectivity index (χ4n) is 3.69. The van der Waals surface area contributed by atoms with Crippen LogP contribution in [0, 0.1) is 18.3 Å². The summed E-state index contributed by atoms with van der Waals surface area (Å²) < 4.78 is 3.96. The molecule has 2 N–H and O–H groups in total. The fourth-order valence-corrected chi connectivity index (χ4v) is 3.69. The van der Waals surface area contributed by atoms with Crippen molar-refractivity contribution < 1.29 is 4.79 Å². The lowest BCUT2D eigenvalue weighted by Gasteiger charge is -2.22. The second-order valence-electron chi connectivity index (χ2n) is 7.82. The SMILES string of the molecule is Cc1nccn1CC1(CNC(=O)c2cn(CC3CCCNC3)nn2)CC1. The lowest BCUT2D eigenvalue weighted by atomic mass is 10.00. The van der Waals surface area contributed by atoms with Crippen molar-refractivity contribution in [2.24, 2.45) is 11.3 Å². The predicted molar refractivity (Wildman–Crippen MR) is 96.6 cm³/mol. The van der Waals surface area contributed by atoms with Crippen LogP contribution in [0.2, 0.25) is 0 Å². The number of aromatic nitrogens is 5. The fraction of sp³-hybridized carbons (Fsp3) is 0.667. The first-order chi connectivity index (χ1) is 12.6. The van der Waals surface area contributed by atoms with Gasteiger partial charge in [-0.1, -0.05) is 5.21 Å². The molecule has 2 aromatic heterocycles. The first-order valence-corrected chi connectivity index (χ1v) is 9.50. The molecule has 0 bridgehead atoms. The zero-order valence-corrected chi connectivity index (χ0v) is 15.3. The highest BCUT2D eigenvalue weighted by Crippen LogP contribution is 2.46. The van der Waals surface area contributed by atoms with Crippen molar-refractivity contribution in [2.45, 2.75) is 45.7 Å². The van der Waals surface area contributed by atoms with Crippen LogP contribution in [0.25, 0.3) is 0 Å². The highest BCUT2D eigenvalue weighted by atomic mass is 16.2. The van der Waals surface area contributed by atoms with Crippen molar-refractivity contribution in [1.29, 1.82) is 0 Å². The summed E-state index contributed by atoms with van der Waals surface area (Å²) in [4.78, 5) is 16.7. The van der Waals surface area contributed by atoms with Crippen molar-refractivity contribution in [1.82, 2.24) is 35.2 Å². The van der Waals surface area contributed by atoms with Gasteiger partial charge in [0.1, 0.15) is 5.82 Å². The number of imidazole rings is 1. The van der Waals surface area contributed by atoms with Gasteiger partial charge >= 0.3 is 0 Å². The second kappa shape index (κ2) is 7.19. The van der Waals surface area contributed by atoms with Gasteiger partial charge in [-0.2, -0.15) is 0 Å². The molecule has 8 heteroatoms. The minimum atomic E-state index is -0.133. The zero-order valence-electron chi connectivity index (χ0n) is 15.3. The third kappa shape index (κ3) is 3.95. The van der Waals surface area contributed by atoms with E-state index in [0.29, 0.717) is 18.2 Å². The number of carbonyl (C=O) groups is 1. The average Bonchev–Trinajstić information content (AvgIpc) is 3.04. The summed E-state index contributed by atoms with van der Waals surface area (Å²) in [6, 6.07) is 0. The Morgan fingerprint density at radius 2 is 2.35 bits per heavy atom. The van der Waals surface area contributed by atoms with Gasteiger partial charge in [-0.05, 0) is 51.6 Å². The summed E-state index contributed by atoms with van der Waals surface area (Å²) in [6.07, 6.45) is 10.3. The largest absolute Gasteiger partial charge is 0.350 e. The Labute approximate surface area is 153 Å². The van der Waals surface area contributed by atoms with Crippen LogP contribution in [-0.4, -0.2) is 50.1 Å².